The molecule has 1 spiro atoms. The molecule has 2 aromatic rings. The molecule has 4 heteroatoms. The van der Waals surface area contributed by atoms with Crippen LogP contribution in [0.15, 0.2) is 54.1 Å². The molecule has 4 rings (SSSR count). The second-order valence-electron chi connectivity index (χ2n) is 7.63. The maximum absolute atomic E-state index is 12.9. The highest BCUT2D eigenvalue weighted by Gasteiger charge is 2.43. The third-order valence-corrected chi connectivity index (χ3v) is 5.88. The number of rotatable bonds is 3. The quantitative estimate of drug-likeness (QED) is 0.850. The Morgan fingerprint density at radius 1 is 1.19 bits per heavy atom. The van der Waals surface area contributed by atoms with Gasteiger partial charge in [0, 0.05) is 36.2 Å². The van der Waals surface area contributed by atoms with Gasteiger partial charge in [-0.05, 0) is 43.0 Å². The SMILES string of the molecule is C/C(=C\c1ccccc1)C(=O)N1CCC2(CC1)COc1ccc(CN)cc12. The van der Waals surface area contributed by atoms with Crippen LogP contribution in [-0.4, -0.2) is 30.5 Å². The van der Waals surface area contributed by atoms with Crippen LogP contribution in [0.2, 0.25) is 0 Å². The lowest BCUT2D eigenvalue weighted by Crippen LogP contribution is -2.46. The Bertz CT molecular complexity index is 865. The predicted molar refractivity (Wildman–Crippen MR) is 107 cm³/mol. The molecule has 140 valence electrons. The van der Waals surface area contributed by atoms with Crippen LogP contribution in [0.5, 0.6) is 5.75 Å². The maximum Gasteiger partial charge on any atom is 0.249 e. The molecule has 2 aromatic carbocycles. The lowest BCUT2D eigenvalue weighted by atomic mass is 9.74. The second kappa shape index (κ2) is 7.20. The molecule has 0 aromatic heterocycles. The third-order valence-electron chi connectivity index (χ3n) is 5.88. The zero-order valence-corrected chi connectivity index (χ0v) is 15.8. The zero-order valence-electron chi connectivity index (χ0n) is 15.8. The fourth-order valence-corrected chi connectivity index (χ4v) is 4.20. The number of hydrogen-bond acceptors (Lipinski definition) is 3. The van der Waals surface area contributed by atoms with Crippen LogP contribution >= 0.6 is 0 Å². The van der Waals surface area contributed by atoms with Crippen molar-refractivity contribution < 1.29 is 9.53 Å². The van der Waals surface area contributed by atoms with Crippen LogP contribution in [0.4, 0.5) is 0 Å². The Kier molecular flexibility index (Phi) is 4.75. The van der Waals surface area contributed by atoms with Crippen molar-refractivity contribution in [2.75, 3.05) is 19.7 Å². The van der Waals surface area contributed by atoms with Crippen molar-refractivity contribution in [2.24, 2.45) is 5.73 Å². The van der Waals surface area contributed by atoms with E-state index in [2.05, 4.69) is 6.07 Å². The minimum Gasteiger partial charge on any atom is -0.492 e. The van der Waals surface area contributed by atoms with Crippen molar-refractivity contribution >= 4 is 12.0 Å². The highest BCUT2D eigenvalue weighted by molar-refractivity contribution is 5.97. The first kappa shape index (κ1) is 17.8. The van der Waals surface area contributed by atoms with E-state index in [9.17, 15) is 4.79 Å². The van der Waals surface area contributed by atoms with E-state index >= 15 is 0 Å². The van der Waals surface area contributed by atoms with Gasteiger partial charge in [0.2, 0.25) is 5.91 Å². The summed E-state index contributed by atoms with van der Waals surface area (Å²) in [4.78, 5) is 14.8. The van der Waals surface area contributed by atoms with Gasteiger partial charge >= 0.3 is 0 Å². The Hall–Kier alpha value is -2.59. The summed E-state index contributed by atoms with van der Waals surface area (Å²) in [6.45, 7) is 4.67. The van der Waals surface area contributed by atoms with Crippen molar-refractivity contribution in [2.45, 2.75) is 31.7 Å². The van der Waals surface area contributed by atoms with Gasteiger partial charge in [0.25, 0.3) is 0 Å². The van der Waals surface area contributed by atoms with Crippen LogP contribution in [-0.2, 0) is 16.8 Å². The molecule has 0 radical (unpaired) electrons. The molecular weight excluding hydrogens is 336 g/mol. The van der Waals surface area contributed by atoms with E-state index in [1.165, 1.54) is 5.56 Å². The lowest BCUT2D eigenvalue weighted by molar-refractivity contribution is -0.128. The van der Waals surface area contributed by atoms with Gasteiger partial charge in [0.1, 0.15) is 5.75 Å². The highest BCUT2D eigenvalue weighted by Crippen LogP contribution is 2.45. The summed E-state index contributed by atoms with van der Waals surface area (Å²) in [5, 5.41) is 0. The average molecular weight is 362 g/mol. The topological polar surface area (TPSA) is 55.6 Å². The number of carbonyl (C=O) groups is 1. The van der Waals surface area contributed by atoms with E-state index in [0.29, 0.717) is 13.2 Å². The number of piperidine rings is 1. The zero-order chi connectivity index (χ0) is 18.9. The molecule has 0 unspecified atom stereocenters. The smallest absolute Gasteiger partial charge is 0.249 e. The lowest BCUT2D eigenvalue weighted by Gasteiger charge is -2.38. The Balaban J connectivity index is 1.47. The number of benzene rings is 2. The fourth-order valence-electron chi connectivity index (χ4n) is 4.20. The molecule has 0 aliphatic carbocycles. The van der Waals surface area contributed by atoms with Crippen molar-refractivity contribution in [3.05, 3.63) is 70.8 Å². The normalized spacial score (nSPS) is 18.3. The molecule has 0 bridgehead atoms. The second-order valence-corrected chi connectivity index (χ2v) is 7.63. The van der Waals surface area contributed by atoms with Crippen LogP contribution in [0.25, 0.3) is 6.08 Å². The van der Waals surface area contributed by atoms with Gasteiger partial charge < -0.3 is 15.4 Å². The van der Waals surface area contributed by atoms with Crippen molar-refractivity contribution in [3.63, 3.8) is 0 Å². The Morgan fingerprint density at radius 3 is 2.63 bits per heavy atom. The third kappa shape index (κ3) is 3.37. The van der Waals surface area contributed by atoms with Gasteiger partial charge in [-0.15, -0.1) is 0 Å². The number of nitrogens with zero attached hydrogens (tertiary/aromatic N) is 1. The van der Waals surface area contributed by atoms with E-state index < -0.39 is 0 Å². The van der Waals surface area contributed by atoms with Gasteiger partial charge in [0.15, 0.2) is 0 Å². The monoisotopic (exact) mass is 362 g/mol. The first-order chi connectivity index (χ1) is 13.1. The Labute approximate surface area is 160 Å². The van der Waals surface area contributed by atoms with Gasteiger partial charge in [-0.3, -0.25) is 4.79 Å². The number of hydrogen-bond donors (Lipinski definition) is 1. The van der Waals surface area contributed by atoms with Crippen LogP contribution in [0, 0.1) is 0 Å². The molecule has 0 saturated carbocycles. The van der Waals surface area contributed by atoms with E-state index in [0.717, 1.165) is 48.4 Å². The molecule has 2 aliphatic heterocycles. The molecule has 1 fully saturated rings. The first-order valence-corrected chi connectivity index (χ1v) is 9.60. The number of likely N-dealkylation sites (tertiary alicyclic amines) is 1. The maximum atomic E-state index is 12.9. The van der Waals surface area contributed by atoms with E-state index in [1.54, 1.807) is 0 Å². The first-order valence-electron chi connectivity index (χ1n) is 9.60. The van der Waals surface area contributed by atoms with Crippen LogP contribution in [0.1, 0.15) is 36.5 Å². The van der Waals surface area contributed by atoms with Crippen molar-refractivity contribution in [1.82, 2.24) is 4.90 Å². The summed E-state index contributed by atoms with van der Waals surface area (Å²) in [5.74, 6) is 1.11. The number of carbonyl (C=O) groups excluding carboxylic acids is 1. The largest absolute Gasteiger partial charge is 0.492 e. The molecular formula is C23H26N2O2. The van der Waals surface area contributed by atoms with E-state index in [1.807, 2.05) is 60.4 Å². The van der Waals surface area contributed by atoms with Crippen molar-refractivity contribution in [3.8, 4) is 5.75 Å². The summed E-state index contributed by atoms with van der Waals surface area (Å²) >= 11 is 0. The summed E-state index contributed by atoms with van der Waals surface area (Å²) < 4.78 is 5.96. The number of ether oxygens (including phenoxy) is 1. The Morgan fingerprint density at radius 2 is 1.93 bits per heavy atom. The molecule has 2 aliphatic rings. The van der Waals surface area contributed by atoms with Crippen LogP contribution < -0.4 is 10.5 Å². The fraction of sp³-hybridized carbons (Fsp3) is 0.348. The predicted octanol–water partition coefficient (Wildman–Crippen LogP) is 3.50. The van der Waals surface area contributed by atoms with Crippen molar-refractivity contribution in [1.29, 1.82) is 0 Å². The summed E-state index contributed by atoms with van der Waals surface area (Å²) in [5.41, 5.74) is 10.1. The van der Waals surface area contributed by atoms with E-state index in [-0.39, 0.29) is 11.3 Å². The summed E-state index contributed by atoms with van der Waals surface area (Å²) in [6.07, 6.45) is 3.82. The molecule has 1 saturated heterocycles. The molecule has 2 heterocycles. The van der Waals surface area contributed by atoms with Gasteiger partial charge in [-0.1, -0.05) is 42.5 Å². The molecule has 27 heavy (non-hydrogen) atoms. The van der Waals surface area contributed by atoms with Crippen LogP contribution in [0.3, 0.4) is 0 Å². The minimum absolute atomic E-state index is 0.0222. The van der Waals surface area contributed by atoms with Gasteiger partial charge in [-0.25, -0.2) is 0 Å². The van der Waals surface area contributed by atoms with Gasteiger partial charge in [0.05, 0.1) is 6.61 Å². The summed E-state index contributed by atoms with van der Waals surface area (Å²) in [7, 11) is 0. The molecule has 2 N–H and O–H groups in total. The molecule has 4 nitrogen and oxygen atoms in total. The molecule has 1 amide bonds. The van der Waals surface area contributed by atoms with Gasteiger partial charge in [-0.2, -0.15) is 0 Å². The molecule has 0 atom stereocenters. The van der Waals surface area contributed by atoms with E-state index in [4.69, 9.17) is 10.5 Å². The highest BCUT2D eigenvalue weighted by atomic mass is 16.5. The minimum atomic E-state index is 0.0222. The number of nitrogens with two attached hydrogens (primary N) is 1. The number of fused-ring (bicyclic) bond motifs is 2. The standard InChI is InChI=1S/C23H26N2O2/c1-17(13-18-5-3-2-4-6-18)22(26)25-11-9-23(10-12-25)16-27-21-8-7-19(15-24)14-20(21)23/h2-8,13-14H,9-12,15-16,24H2,1H3/b17-13+. The summed E-state index contributed by atoms with van der Waals surface area (Å²) in [6, 6.07) is 16.3. The average Bonchev–Trinajstić information content (AvgIpc) is 3.06. The number of amides is 1.